The minimum atomic E-state index is 0.105. The zero-order valence-corrected chi connectivity index (χ0v) is 17.0. The monoisotopic (exact) mass is 397 g/mol. The molecule has 3 fully saturated rings. The van der Waals surface area contributed by atoms with Crippen molar-refractivity contribution >= 4 is 16.9 Å². The number of nitrogens with one attached hydrogen (secondary N) is 1. The van der Waals surface area contributed by atoms with Crippen molar-refractivity contribution < 1.29 is 14.3 Å². The molecule has 0 radical (unpaired) electrons. The number of rotatable bonds is 4. The molecular formula is C23H31N3O3. The Hall–Kier alpha value is -2.21. The van der Waals surface area contributed by atoms with Crippen molar-refractivity contribution in [2.24, 2.45) is 0 Å². The van der Waals surface area contributed by atoms with Gasteiger partial charge in [-0.05, 0) is 37.5 Å². The van der Waals surface area contributed by atoms with Crippen molar-refractivity contribution in [1.82, 2.24) is 14.8 Å². The molecule has 1 aromatic carbocycles. The first-order valence-corrected chi connectivity index (χ1v) is 11.2. The number of urea groups is 1. The maximum atomic E-state index is 12.5. The van der Waals surface area contributed by atoms with Crippen LogP contribution in [-0.2, 0) is 4.74 Å². The second-order valence-electron chi connectivity index (χ2n) is 8.66. The summed E-state index contributed by atoms with van der Waals surface area (Å²) >= 11 is 0. The lowest BCUT2D eigenvalue weighted by atomic mass is 10.1. The van der Waals surface area contributed by atoms with Crippen molar-refractivity contribution in [2.45, 2.75) is 63.1 Å². The fourth-order valence-corrected chi connectivity index (χ4v) is 5.02. The molecule has 1 aromatic heterocycles. The summed E-state index contributed by atoms with van der Waals surface area (Å²) in [5.41, 5.74) is 1.21. The van der Waals surface area contributed by atoms with Crippen molar-refractivity contribution in [2.75, 3.05) is 26.3 Å². The Kier molecular flexibility index (Phi) is 5.36. The highest BCUT2D eigenvalue weighted by Gasteiger charge is 2.27. The summed E-state index contributed by atoms with van der Waals surface area (Å²) in [6.07, 6.45) is 9.88. The van der Waals surface area contributed by atoms with Gasteiger partial charge < -0.3 is 24.3 Å². The highest BCUT2D eigenvalue weighted by atomic mass is 16.5. The van der Waals surface area contributed by atoms with E-state index in [-0.39, 0.29) is 12.1 Å². The molecule has 6 heteroatoms. The summed E-state index contributed by atoms with van der Waals surface area (Å²) in [5, 5.41) is 4.37. The first kappa shape index (κ1) is 18.8. The van der Waals surface area contributed by atoms with E-state index in [1.54, 1.807) is 0 Å². The summed E-state index contributed by atoms with van der Waals surface area (Å²) in [6.45, 7) is 3.16. The van der Waals surface area contributed by atoms with Crippen LogP contribution in [0.2, 0.25) is 0 Å². The van der Waals surface area contributed by atoms with Crippen LogP contribution in [0.25, 0.3) is 10.9 Å². The van der Waals surface area contributed by atoms with Crippen molar-refractivity contribution in [3.8, 4) is 5.75 Å². The van der Waals surface area contributed by atoms with Gasteiger partial charge in [0.15, 0.2) is 0 Å². The Morgan fingerprint density at radius 2 is 1.90 bits per heavy atom. The molecule has 156 valence electrons. The minimum absolute atomic E-state index is 0.105. The predicted molar refractivity (Wildman–Crippen MR) is 112 cm³/mol. The molecule has 1 saturated carbocycles. The van der Waals surface area contributed by atoms with Crippen molar-refractivity contribution in [3.63, 3.8) is 0 Å². The molecule has 3 heterocycles. The van der Waals surface area contributed by atoms with Gasteiger partial charge >= 0.3 is 6.03 Å². The fourth-order valence-electron chi connectivity index (χ4n) is 5.02. The van der Waals surface area contributed by atoms with E-state index < -0.39 is 0 Å². The topological polar surface area (TPSA) is 55.7 Å². The molecule has 5 rings (SSSR count). The number of hydrogen-bond acceptors (Lipinski definition) is 3. The lowest BCUT2D eigenvalue weighted by Crippen LogP contribution is -2.48. The van der Waals surface area contributed by atoms with E-state index in [4.69, 9.17) is 9.47 Å². The van der Waals surface area contributed by atoms with Crippen molar-refractivity contribution in [3.05, 3.63) is 30.5 Å². The fraction of sp³-hybridized carbons (Fsp3) is 0.609. The number of likely N-dealkylation sites (tertiary alicyclic amines) is 1. The molecule has 0 spiro atoms. The van der Waals surface area contributed by atoms with Gasteiger partial charge in [-0.3, -0.25) is 0 Å². The summed E-state index contributed by atoms with van der Waals surface area (Å²) in [6, 6.07) is 9.37. The van der Waals surface area contributed by atoms with E-state index in [1.807, 2.05) is 4.90 Å². The number of fused-ring (bicyclic) bond motifs is 1. The van der Waals surface area contributed by atoms with E-state index in [1.165, 1.54) is 23.7 Å². The third-order valence-electron chi connectivity index (χ3n) is 6.73. The Bertz CT molecular complexity index is 844. The SMILES string of the molecule is O=C(NC1CCCC1)N1CCC(Oc2cccc3c2ccn3C2CCOC2)CC1. The van der Waals surface area contributed by atoms with Gasteiger partial charge in [0.1, 0.15) is 11.9 Å². The molecule has 1 atom stereocenters. The third kappa shape index (κ3) is 3.95. The highest BCUT2D eigenvalue weighted by molar-refractivity contribution is 5.86. The van der Waals surface area contributed by atoms with Crippen LogP contribution in [-0.4, -0.2) is 53.9 Å². The number of piperidine rings is 1. The third-order valence-corrected chi connectivity index (χ3v) is 6.73. The molecule has 6 nitrogen and oxygen atoms in total. The average molecular weight is 398 g/mol. The van der Waals surface area contributed by atoms with E-state index in [2.05, 4.69) is 40.3 Å². The summed E-state index contributed by atoms with van der Waals surface area (Å²) < 4.78 is 14.3. The van der Waals surface area contributed by atoms with Crippen LogP contribution in [0.15, 0.2) is 30.5 Å². The maximum absolute atomic E-state index is 12.5. The van der Waals surface area contributed by atoms with Crippen LogP contribution in [0.3, 0.4) is 0 Å². The standard InChI is InChI=1S/C23H31N3O3/c27-23(24-17-4-1-2-5-17)25-12-8-19(9-13-25)29-22-7-3-6-21-20(22)10-14-26(21)18-11-15-28-16-18/h3,6-7,10,14,17-19H,1-2,4-5,8-9,11-13,15-16H2,(H,24,27). The lowest BCUT2D eigenvalue weighted by Gasteiger charge is -2.33. The number of nitrogens with zero attached hydrogens (tertiary/aromatic N) is 2. The molecule has 0 bridgehead atoms. The molecular weight excluding hydrogens is 366 g/mol. The number of ether oxygens (including phenoxy) is 2. The highest BCUT2D eigenvalue weighted by Crippen LogP contribution is 2.32. The first-order valence-electron chi connectivity index (χ1n) is 11.2. The number of carbonyl (C=O) groups excluding carboxylic acids is 1. The quantitative estimate of drug-likeness (QED) is 0.845. The number of benzene rings is 1. The molecule has 1 aliphatic carbocycles. The van der Waals surface area contributed by atoms with E-state index in [0.717, 1.165) is 64.2 Å². The Morgan fingerprint density at radius 3 is 2.66 bits per heavy atom. The second kappa shape index (κ2) is 8.27. The van der Waals surface area contributed by atoms with Gasteiger partial charge in [0.05, 0.1) is 18.2 Å². The zero-order valence-electron chi connectivity index (χ0n) is 17.0. The number of amides is 2. The van der Waals surface area contributed by atoms with Gasteiger partial charge in [-0.25, -0.2) is 4.79 Å². The zero-order chi connectivity index (χ0) is 19.6. The molecule has 3 aliphatic rings. The molecule has 2 amide bonds. The van der Waals surface area contributed by atoms with Crippen LogP contribution in [0.1, 0.15) is 51.0 Å². The van der Waals surface area contributed by atoms with E-state index in [9.17, 15) is 4.79 Å². The van der Waals surface area contributed by atoms with Crippen molar-refractivity contribution in [1.29, 1.82) is 0 Å². The van der Waals surface area contributed by atoms with Gasteiger partial charge in [-0.2, -0.15) is 0 Å². The molecule has 1 N–H and O–H groups in total. The average Bonchev–Trinajstić information content (AvgIpc) is 3.50. The summed E-state index contributed by atoms with van der Waals surface area (Å²) in [4.78, 5) is 14.4. The predicted octanol–water partition coefficient (Wildman–Crippen LogP) is 4.10. The normalized spacial score (nSPS) is 23.7. The van der Waals surface area contributed by atoms with Gasteiger partial charge in [0.25, 0.3) is 0 Å². The summed E-state index contributed by atoms with van der Waals surface area (Å²) in [7, 11) is 0. The Labute approximate surface area is 172 Å². The van der Waals surface area contributed by atoms with Crippen LogP contribution >= 0.6 is 0 Å². The van der Waals surface area contributed by atoms with Crippen LogP contribution in [0.5, 0.6) is 5.75 Å². The number of hydrogen-bond donors (Lipinski definition) is 1. The number of aromatic nitrogens is 1. The van der Waals surface area contributed by atoms with Gasteiger partial charge in [0.2, 0.25) is 0 Å². The van der Waals surface area contributed by atoms with Crippen LogP contribution < -0.4 is 10.1 Å². The maximum Gasteiger partial charge on any atom is 0.317 e. The van der Waals surface area contributed by atoms with Crippen LogP contribution in [0.4, 0.5) is 4.79 Å². The molecule has 1 unspecified atom stereocenters. The minimum Gasteiger partial charge on any atom is -0.490 e. The Morgan fingerprint density at radius 1 is 1.07 bits per heavy atom. The Balaban J connectivity index is 1.20. The molecule has 29 heavy (non-hydrogen) atoms. The summed E-state index contributed by atoms with van der Waals surface area (Å²) in [5.74, 6) is 0.953. The number of carbonyl (C=O) groups is 1. The van der Waals surface area contributed by atoms with Crippen LogP contribution in [0, 0.1) is 0 Å². The second-order valence-corrected chi connectivity index (χ2v) is 8.66. The van der Waals surface area contributed by atoms with E-state index in [0.29, 0.717) is 12.1 Å². The molecule has 2 aliphatic heterocycles. The lowest BCUT2D eigenvalue weighted by molar-refractivity contribution is 0.111. The van der Waals surface area contributed by atoms with E-state index >= 15 is 0 Å². The largest absolute Gasteiger partial charge is 0.490 e. The van der Waals surface area contributed by atoms with Gasteiger partial charge in [0, 0.05) is 50.2 Å². The molecule has 2 saturated heterocycles. The smallest absolute Gasteiger partial charge is 0.317 e. The van der Waals surface area contributed by atoms with Gasteiger partial charge in [-0.1, -0.05) is 18.9 Å². The first-order chi connectivity index (χ1) is 14.3. The molecule has 2 aromatic rings. The van der Waals surface area contributed by atoms with Gasteiger partial charge in [-0.15, -0.1) is 0 Å².